The predicted molar refractivity (Wildman–Crippen MR) is 72.7 cm³/mol. The Balaban J connectivity index is 2.55. The first kappa shape index (κ1) is 14.5. The van der Waals surface area contributed by atoms with Crippen molar-refractivity contribution in [3.05, 3.63) is 34.7 Å². The zero-order valence-electron chi connectivity index (χ0n) is 10.8. The van der Waals surface area contributed by atoms with Gasteiger partial charge in [-0.1, -0.05) is 30.7 Å². The van der Waals surface area contributed by atoms with Crippen molar-refractivity contribution in [2.24, 2.45) is 5.92 Å². The fourth-order valence-corrected chi connectivity index (χ4v) is 2.07. The Bertz CT molecular complexity index is 344. The Morgan fingerprint density at radius 3 is 2.88 bits per heavy atom. The Hall–Kier alpha value is -0.600. The van der Waals surface area contributed by atoms with E-state index >= 15 is 0 Å². The van der Waals surface area contributed by atoms with E-state index in [0.717, 1.165) is 24.8 Å². The highest BCUT2D eigenvalue weighted by molar-refractivity contribution is 6.31. The summed E-state index contributed by atoms with van der Waals surface area (Å²) in [5.41, 5.74) is 1.11. The Morgan fingerprint density at radius 2 is 2.24 bits per heavy atom. The van der Waals surface area contributed by atoms with Crippen LogP contribution in [0.2, 0.25) is 0 Å². The van der Waals surface area contributed by atoms with Crippen molar-refractivity contribution in [2.45, 2.75) is 39.2 Å². The van der Waals surface area contributed by atoms with Crippen LogP contribution in [0.1, 0.15) is 33.1 Å². The highest BCUT2D eigenvalue weighted by Gasteiger charge is 2.12. The second kappa shape index (κ2) is 6.97. The second-order valence-corrected chi connectivity index (χ2v) is 5.05. The van der Waals surface area contributed by atoms with E-state index in [2.05, 4.69) is 12.2 Å². The molecular weight excluding hydrogens is 237 g/mol. The first-order valence-electron chi connectivity index (χ1n) is 6.15. The van der Waals surface area contributed by atoms with Crippen LogP contribution in [0, 0.1) is 5.92 Å². The molecule has 0 spiro atoms. The van der Waals surface area contributed by atoms with Gasteiger partial charge in [-0.15, -0.1) is 0 Å². The lowest BCUT2D eigenvalue weighted by molar-refractivity contribution is 0.542. The van der Waals surface area contributed by atoms with Crippen LogP contribution < -0.4 is 5.32 Å². The van der Waals surface area contributed by atoms with E-state index in [9.17, 15) is 4.39 Å². The first-order valence-corrected chi connectivity index (χ1v) is 6.53. The van der Waals surface area contributed by atoms with E-state index in [4.69, 9.17) is 11.6 Å². The number of hydrogen-bond acceptors (Lipinski definition) is 1. The molecule has 0 heterocycles. The fourth-order valence-electron chi connectivity index (χ4n) is 1.76. The Labute approximate surface area is 108 Å². The van der Waals surface area contributed by atoms with Crippen LogP contribution in [0.25, 0.3) is 0 Å². The van der Waals surface area contributed by atoms with Crippen molar-refractivity contribution in [1.82, 2.24) is 5.32 Å². The third-order valence-corrected chi connectivity index (χ3v) is 3.42. The largest absolute Gasteiger partial charge is 0.317 e. The molecule has 3 heteroatoms. The number of nitrogens with one attached hydrogen (secondary N) is 1. The van der Waals surface area contributed by atoms with Crippen molar-refractivity contribution in [1.29, 1.82) is 0 Å². The molecule has 1 aliphatic carbocycles. The molecule has 0 amide bonds. The number of rotatable bonds is 5. The van der Waals surface area contributed by atoms with Crippen LogP contribution in [0.15, 0.2) is 34.7 Å². The van der Waals surface area contributed by atoms with Gasteiger partial charge in [0.15, 0.2) is 0 Å². The quantitative estimate of drug-likeness (QED) is 0.774. The Kier molecular flexibility index (Phi) is 5.93. The molecular formula is C14H21ClFN. The van der Waals surface area contributed by atoms with Gasteiger partial charge in [-0.2, -0.15) is 0 Å². The average molecular weight is 258 g/mol. The van der Waals surface area contributed by atoms with Crippen molar-refractivity contribution in [2.75, 3.05) is 7.05 Å². The molecule has 17 heavy (non-hydrogen) atoms. The van der Waals surface area contributed by atoms with Crippen molar-refractivity contribution in [3.63, 3.8) is 0 Å². The highest BCUT2D eigenvalue weighted by Crippen LogP contribution is 2.28. The summed E-state index contributed by atoms with van der Waals surface area (Å²) in [6.07, 6.45) is 8.75. The molecule has 0 aromatic rings. The van der Waals surface area contributed by atoms with Gasteiger partial charge in [-0.3, -0.25) is 0 Å². The van der Waals surface area contributed by atoms with Crippen LogP contribution in [-0.2, 0) is 0 Å². The van der Waals surface area contributed by atoms with Gasteiger partial charge in [0.05, 0.1) is 5.03 Å². The smallest absolute Gasteiger partial charge is 0.125 e. The SMILES string of the molecule is CNC(C)CCCC1=CC(Cl)=C(F)C(C)C=C1. The minimum atomic E-state index is -0.235. The van der Waals surface area contributed by atoms with Gasteiger partial charge in [0, 0.05) is 12.0 Å². The minimum absolute atomic E-state index is 0.215. The van der Waals surface area contributed by atoms with Gasteiger partial charge in [-0.25, -0.2) is 4.39 Å². The van der Waals surface area contributed by atoms with Gasteiger partial charge in [-0.05, 0) is 44.9 Å². The maximum Gasteiger partial charge on any atom is 0.125 e. The van der Waals surface area contributed by atoms with Gasteiger partial charge in [0.2, 0.25) is 0 Å². The molecule has 0 fully saturated rings. The summed E-state index contributed by atoms with van der Waals surface area (Å²) in [5, 5.41) is 3.45. The maximum absolute atomic E-state index is 13.6. The molecule has 1 nitrogen and oxygen atoms in total. The maximum atomic E-state index is 13.6. The van der Waals surface area contributed by atoms with E-state index in [0.29, 0.717) is 6.04 Å². The number of allylic oxidation sites excluding steroid dienone is 6. The zero-order chi connectivity index (χ0) is 12.8. The summed E-state index contributed by atoms with van der Waals surface area (Å²) in [4.78, 5) is 0. The molecule has 1 rings (SSSR count). The van der Waals surface area contributed by atoms with E-state index in [-0.39, 0.29) is 16.8 Å². The lowest BCUT2D eigenvalue weighted by Gasteiger charge is -2.09. The third kappa shape index (κ3) is 4.64. The first-order chi connectivity index (χ1) is 8.04. The van der Waals surface area contributed by atoms with E-state index in [1.54, 1.807) is 6.08 Å². The van der Waals surface area contributed by atoms with Gasteiger partial charge in [0.25, 0.3) is 0 Å². The van der Waals surface area contributed by atoms with Crippen molar-refractivity contribution < 1.29 is 4.39 Å². The predicted octanol–water partition coefficient (Wildman–Crippen LogP) is 4.32. The van der Waals surface area contributed by atoms with Crippen LogP contribution in [0.4, 0.5) is 4.39 Å². The summed E-state index contributed by atoms with van der Waals surface area (Å²) >= 11 is 5.91. The molecule has 0 aromatic heterocycles. The lowest BCUT2D eigenvalue weighted by Crippen LogP contribution is -2.20. The molecule has 0 aromatic carbocycles. The monoisotopic (exact) mass is 257 g/mol. The zero-order valence-corrected chi connectivity index (χ0v) is 11.5. The average Bonchev–Trinajstić information content (AvgIpc) is 2.43. The van der Waals surface area contributed by atoms with Gasteiger partial charge in [0.1, 0.15) is 5.83 Å². The molecule has 1 N–H and O–H groups in total. The molecule has 0 bridgehead atoms. The standard InChI is InChI=1S/C14H21ClFN/c1-10-7-8-12(9-13(15)14(10)16)6-4-5-11(2)17-3/h7-11,17H,4-6H2,1-3H3. The third-order valence-electron chi connectivity index (χ3n) is 3.13. The van der Waals surface area contributed by atoms with Crippen LogP contribution >= 0.6 is 11.6 Å². The fraction of sp³-hybridized carbons (Fsp3) is 0.571. The second-order valence-electron chi connectivity index (χ2n) is 4.64. The molecule has 2 atom stereocenters. The van der Waals surface area contributed by atoms with E-state index in [1.165, 1.54) is 0 Å². The number of halogens is 2. The topological polar surface area (TPSA) is 12.0 Å². The van der Waals surface area contributed by atoms with Crippen LogP contribution in [-0.4, -0.2) is 13.1 Å². The van der Waals surface area contributed by atoms with Crippen LogP contribution in [0.5, 0.6) is 0 Å². The van der Waals surface area contributed by atoms with E-state index in [1.807, 2.05) is 26.1 Å². The van der Waals surface area contributed by atoms with Crippen LogP contribution in [0.3, 0.4) is 0 Å². The molecule has 2 unspecified atom stereocenters. The normalized spacial score (nSPS) is 22.4. The number of hydrogen-bond donors (Lipinski definition) is 1. The summed E-state index contributed by atoms with van der Waals surface area (Å²) in [6, 6.07) is 0.520. The van der Waals surface area contributed by atoms with Gasteiger partial charge < -0.3 is 5.32 Å². The van der Waals surface area contributed by atoms with Crippen molar-refractivity contribution >= 4 is 11.6 Å². The molecule has 0 aliphatic heterocycles. The summed E-state index contributed by atoms with van der Waals surface area (Å²) in [6.45, 7) is 3.97. The Morgan fingerprint density at radius 1 is 1.53 bits per heavy atom. The van der Waals surface area contributed by atoms with Gasteiger partial charge >= 0.3 is 0 Å². The minimum Gasteiger partial charge on any atom is -0.317 e. The highest BCUT2D eigenvalue weighted by atomic mass is 35.5. The van der Waals surface area contributed by atoms with E-state index < -0.39 is 0 Å². The molecule has 0 saturated heterocycles. The lowest BCUT2D eigenvalue weighted by atomic mass is 10.0. The summed E-state index contributed by atoms with van der Waals surface area (Å²) in [5.74, 6) is -0.450. The summed E-state index contributed by atoms with van der Waals surface area (Å²) < 4.78 is 13.6. The summed E-state index contributed by atoms with van der Waals surface area (Å²) in [7, 11) is 1.96. The molecule has 0 saturated carbocycles. The van der Waals surface area contributed by atoms with Crippen molar-refractivity contribution in [3.8, 4) is 0 Å². The molecule has 96 valence electrons. The molecule has 0 radical (unpaired) electrons. The molecule has 1 aliphatic rings.